The third-order valence-corrected chi connectivity index (χ3v) is 4.85. The summed E-state index contributed by atoms with van der Waals surface area (Å²) in [6, 6.07) is 0. The van der Waals surface area contributed by atoms with E-state index >= 15 is 0 Å². The highest BCUT2D eigenvalue weighted by atomic mass is 32.2. The van der Waals surface area contributed by atoms with Gasteiger partial charge in [-0.3, -0.25) is 0 Å². The van der Waals surface area contributed by atoms with Gasteiger partial charge in [0.25, 0.3) is 0 Å². The van der Waals surface area contributed by atoms with Crippen molar-refractivity contribution in [3.05, 3.63) is 0 Å². The van der Waals surface area contributed by atoms with E-state index in [2.05, 4.69) is 13.8 Å². The molecule has 0 atom stereocenters. The van der Waals surface area contributed by atoms with Crippen LogP contribution in [-0.4, -0.2) is 19.9 Å². The Bertz CT molecular complexity index is 224. The van der Waals surface area contributed by atoms with Crippen LogP contribution in [-0.2, 0) is 9.84 Å². The molecule has 0 radical (unpaired) electrons. The van der Waals surface area contributed by atoms with Gasteiger partial charge in [0, 0.05) is 0 Å². The van der Waals surface area contributed by atoms with E-state index < -0.39 is 9.84 Å². The number of hydrogen-bond acceptors (Lipinski definition) is 2. The molecule has 0 aromatic heterocycles. The maximum absolute atomic E-state index is 11.2. The van der Waals surface area contributed by atoms with Crippen molar-refractivity contribution < 1.29 is 8.42 Å². The predicted molar refractivity (Wildman–Crippen MR) is 46.3 cm³/mol. The molecule has 1 fully saturated rings. The molecule has 0 aromatic carbocycles. The van der Waals surface area contributed by atoms with Crippen molar-refractivity contribution in [1.29, 1.82) is 0 Å². The molecule has 0 bridgehead atoms. The maximum atomic E-state index is 11.2. The molecule has 0 aliphatic carbocycles. The Kier molecular flexibility index (Phi) is 2.28. The van der Waals surface area contributed by atoms with Crippen LogP contribution >= 0.6 is 0 Å². The van der Waals surface area contributed by atoms with E-state index in [1.165, 1.54) is 0 Å². The van der Waals surface area contributed by atoms with Crippen molar-refractivity contribution >= 4 is 9.84 Å². The summed E-state index contributed by atoms with van der Waals surface area (Å²) >= 11 is 0. The number of sulfone groups is 1. The summed E-state index contributed by atoms with van der Waals surface area (Å²) in [7, 11) is -2.68. The van der Waals surface area contributed by atoms with Gasteiger partial charge in [0.2, 0.25) is 0 Å². The van der Waals surface area contributed by atoms with Crippen molar-refractivity contribution in [2.24, 2.45) is 5.41 Å². The monoisotopic (exact) mass is 176 g/mol. The molecule has 1 aliphatic rings. The predicted octanol–water partition coefficient (Wildman–Crippen LogP) is 1.61. The van der Waals surface area contributed by atoms with Crippen LogP contribution in [0.15, 0.2) is 0 Å². The Morgan fingerprint density at radius 2 is 1.82 bits per heavy atom. The van der Waals surface area contributed by atoms with Gasteiger partial charge in [0.15, 0.2) is 9.84 Å². The van der Waals surface area contributed by atoms with Crippen LogP contribution < -0.4 is 0 Å². The first kappa shape index (κ1) is 9.04. The lowest BCUT2D eigenvalue weighted by molar-refractivity contribution is 0.309. The molecule has 0 spiro atoms. The van der Waals surface area contributed by atoms with E-state index in [0.29, 0.717) is 11.5 Å². The summed E-state index contributed by atoms with van der Waals surface area (Å²) in [5.74, 6) is 0.835. The highest BCUT2D eigenvalue weighted by molar-refractivity contribution is 7.91. The summed E-state index contributed by atoms with van der Waals surface area (Å²) < 4.78 is 22.3. The standard InChI is InChI=1S/C8H16O2S/c1-3-8(4-2)5-6-11(9,10)7-8/h3-7H2,1-2H3. The smallest absolute Gasteiger partial charge is 0.150 e. The lowest BCUT2D eigenvalue weighted by atomic mass is 9.82. The lowest BCUT2D eigenvalue weighted by Gasteiger charge is -2.23. The van der Waals surface area contributed by atoms with E-state index in [1.54, 1.807) is 0 Å². The highest BCUT2D eigenvalue weighted by Crippen LogP contribution is 2.38. The first-order valence-corrected chi connectivity index (χ1v) is 6.06. The third-order valence-electron chi connectivity index (χ3n) is 2.97. The van der Waals surface area contributed by atoms with Gasteiger partial charge in [-0.1, -0.05) is 13.8 Å². The second-order valence-electron chi connectivity index (χ2n) is 3.55. The summed E-state index contributed by atoms with van der Waals surface area (Å²) in [5.41, 5.74) is 0.124. The van der Waals surface area contributed by atoms with E-state index in [9.17, 15) is 8.42 Å². The zero-order chi connectivity index (χ0) is 8.54. The second kappa shape index (κ2) is 2.77. The molecular formula is C8H16O2S. The van der Waals surface area contributed by atoms with E-state index in [-0.39, 0.29) is 5.41 Å². The topological polar surface area (TPSA) is 34.1 Å². The van der Waals surface area contributed by atoms with Crippen molar-refractivity contribution in [2.45, 2.75) is 33.1 Å². The molecule has 0 N–H and O–H groups in total. The lowest BCUT2D eigenvalue weighted by Crippen LogP contribution is -2.19. The van der Waals surface area contributed by atoms with Crippen LogP contribution in [0.25, 0.3) is 0 Å². The number of rotatable bonds is 2. The third kappa shape index (κ3) is 1.75. The Labute approximate surface area is 68.9 Å². The zero-order valence-electron chi connectivity index (χ0n) is 7.26. The molecule has 2 nitrogen and oxygen atoms in total. The van der Waals surface area contributed by atoms with Crippen molar-refractivity contribution in [2.75, 3.05) is 11.5 Å². The molecule has 11 heavy (non-hydrogen) atoms. The van der Waals surface area contributed by atoms with Gasteiger partial charge in [-0.2, -0.15) is 0 Å². The van der Waals surface area contributed by atoms with Gasteiger partial charge >= 0.3 is 0 Å². The molecule has 0 unspecified atom stereocenters. The average molecular weight is 176 g/mol. The summed E-state index contributed by atoms with van der Waals surface area (Å²) in [6.45, 7) is 4.18. The van der Waals surface area contributed by atoms with Crippen LogP contribution in [0.2, 0.25) is 0 Å². The second-order valence-corrected chi connectivity index (χ2v) is 5.73. The largest absolute Gasteiger partial charge is 0.229 e. The highest BCUT2D eigenvalue weighted by Gasteiger charge is 2.38. The minimum atomic E-state index is -2.68. The molecule has 0 aromatic rings. The summed E-state index contributed by atoms with van der Waals surface area (Å²) in [6.07, 6.45) is 2.88. The number of hydrogen-bond donors (Lipinski definition) is 0. The Morgan fingerprint density at radius 3 is 2.00 bits per heavy atom. The van der Waals surface area contributed by atoms with Crippen LogP contribution in [0.3, 0.4) is 0 Å². The fourth-order valence-electron chi connectivity index (χ4n) is 1.79. The molecule has 1 aliphatic heterocycles. The molecule has 1 heterocycles. The van der Waals surface area contributed by atoms with Gasteiger partial charge in [-0.25, -0.2) is 8.42 Å². The van der Waals surface area contributed by atoms with Gasteiger partial charge in [0.05, 0.1) is 11.5 Å². The molecule has 0 amide bonds. The fourth-order valence-corrected chi connectivity index (χ4v) is 4.16. The van der Waals surface area contributed by atoms with Crippen LogP contribution in [0.4, 0.5) is 0 Å². The van der Waals surface area contributed by atoms with Crippen LogP contribution in [0.5, 0.6) is 0 Å². The summed E-state index contributed by atoms with van der Waals surface area (Å²) in [5, 5.41) is 0. The molecule has 3 heteroatoms. The molecule has 66 valence electrons. The van der Waals surface area contributed by atoms with E-state index in [4.69, 9.17) is 0 Å². The van der Waals surface area contributed by atoms with Gasteiger partial charge in [-0.05, 0) is 24.7 Å². The first-order chi connectivity index (χ1) is 5.04. The molecule has 1 rings (SSSR count). The van der Waals surface area contributed by atoms with E-state index in [1.807, 2.05) is 0 Å². The minimum absolute atomic E-state index is 0.124. The van der Waals surface area contributed by atoms with E-state index in [0.717, 1.165) is 19.3 Å². The van der Waals surface area contributed by atoms with Gasteiger partial charge in [0.1, 0.15) is 0 Å². The van der Waals surface area contributed by atoms with Crippen molar-refractivity contribution in [3.63, 3.8) is 0 Å². The molecular weight excluding hydrogens is 160 g/mol. The van der Waals surface area contributed by atoms with Crippen molar-refractivity contribution in [1.82, 2.24) is 0 Å². The Balaban J connectivity index is 2.78. The van der Waals surface area contributed by atoms with Gasteiger partial charge < -0.3 is 0 Å². The SMILES string of the molecule is CCC1(CC)CCS(=O)(=O)C1. The minimum Gasteiger partial charge on any atom is -0.229 e. The zero-order valence-corrected chi connectivity index (χ0v) is 8.08. The fraction of sp³-hybridized carbons (Fsp3) is 1.00. The van der Waals surface area contributed by atoms with Gasteiger partial charge in [-0.15, -0.1) is 0 Å². The quantitative estimate of drug-likeness (QED) is 0.640. The normalized spacial score (nSPS) is 27.1. The van der Waals surface area contributed by atoms with Crippen LogP contribution in [0, 0.1) is 5.41 Å². The Morgan fingerprint density at radius 1 is 1.27 bits per heavy atom. The molecule has 0 saturated carbocycles. The summed E-state index contributed by atoms with van der Waals surface area (Å²) in [4.78, 5) is 0. The Hall–Kier alpha value is -0.0500. The first-order valence-electron chi connectivity index (χ1n) is 4.24. The maximum Gasteiger partial charge on any atom is 0.150 e. The van der Waals surface area contributed by atoms with Crippen molar-refractivity contribution in [3.8, 4) is 0 Å². The molecule has 1 saturated heterocycles. The van der Waals surface area contributed by atoms with Crippen LogP contribution in [0.1, 0.15) is 33.1 Å². The average Bonchev–Trinajstić information content (AvgIpc) is 2.28.